The quantitative estimate of drug-likeness (QED) is 0.652. The van der Waals surface area contributed by atoms with Crippen LogP contribution in [-0.4, -0.2) is 15.8 Å². The van der Waals surface area contributed by atoms with Crippen molar-refractivity contribution in [3.05, 3.63) is 29.0 Å². The van der Waals surface area contributed by atoms with Gasteiger partial charge in [-0.2, -0.15) is 0 Å². The number of hydrogen-bond acceptors (Lipinski definition) is 2. The molecule has 0 N–H and O–H groups in total. The molecule has 0 aliphatic rings. The summed E-state index contributed by atoms with van der Waals surface area (Å²) in [5.74, 6) is 0.414. The summed E-state index contributed by atoms with van der Waals surface area (Å²) in [7, 11) is 1.80. The Labute approximate surface area is 79.9 Å². The summed E-state index contributed by atoms with van der Waals surface area (Å²) in [6, 6.07) is 5.36. The van der Waals surface area contributed by atoms with Crippen LogP contribution >= 0.6 is 11.6 Å². The van der Waals surface area contributed by atoms with Crippen molar-refractivity contribution in [2.75, 3.05) is 0 Å². The number of hydrogen-bond donors (Lipinski definition) is 0. The van der Waals surface area contributed by atoms with Crippen molar-refractivity contribution in [1.29, 1.82) is 0 Å². The molecule has 0 saturated heterocycles. The van der Waals surface area contributed by atoms with Gasteiger partial charge in [0.15, 0.2) is 12.1 Å². The van der Waals surface area contributed by atoms with Gasteiger partial charge in [-0.05, 0) is 18.2 Å². The fraction of sp³-hybridized carbons (Fsp3) is 0.111. The van der Waals surface area contributed by atoms with Gasteiger partial charge in [-0.25, -0.2) is 4.98 Å². The van der Waals surface area contributed by atoms with Gasteiger partial charge in [-0.3, -0.25) is 4.79 Å². The van der Waals surface area contributed by atoms with Gasteiger partial charge in [0.2, 0.25) is 0 Å². The summed E-state index contributed by atoms with van der Waals surface area (Å²) in [5, 5.41) is 0.628. The predicted octanol–water partition coefficient (Wildman–Crippen LogP) is 2.04. The predicted molar refractivity (Wildman–Crippen MR) is 51.1 cm³/mol. The molecule has 0 amide bonds. The number of imidazole rings is 1. The maximum Gasteiger partial charge on any atom is 0.185 e. The molecule has 0 aliphatic carbocycles. The van der Waals surface area contributed by atoms with Crippen LogP contribution in [0.3, 0.4) is 0 Å². The molecule has 4 heteroatoms. The van der Waals surface area contributed by atoms with Crippen LogP contribution < -0.4 is 0 Å². The Hall–Kier alpha value is -1.35. The normalized spacial score (nSPS) is 10.6. The fourth-order valence-electron chi connectivity index (χ4n) is 1.30. The van der Waals surface area contributed by atoms with E-state index in [1.54, 1.807) is 23.7 Å². The minimum absolute atomic E-state index is 0.414. The molecule has 66 valence electrons. The molecule has 0 aliphatic heterocycles. The lowest BCUT2D eigenvalue weighted by Crippen LogP contribution is -1.94. The largest absolute Gasteiger partial charge is 0.325 e. The molecular formula is C9H7ClN2O. The van der Waals surface area contributed by atoms with Gasteiger partial charge in [0.05, 0.1) is 11.0 Å². The lowest BCUT2D eigenvalue weighted by atomic mass is 10.3. The molecule has 0 spiro atoms. The highest BCUT2D eigenvalue weighted by Gasteiger charge is 2.05. The fourth-order valence-corrected chi connectivity index (χ4v) is 1.46. The first-order valence-corrected chi connectivity index (χ1v) is 4.17. The number of halogens is 1. The van der Waals surface area contributed by atoms with Crippen LogP contribution in [-0.2, 0) is 7.05 Å². The third-order valence-electron chi connectivity index (χ3n) is 1.98. The van der Waals surface area contributed by atoms with E-state index in [1.807, 2.05) is 6.07 Å². The van der Waals surface area contributed by atoms with E-state index in [9.17, 15) is 4.79 Å². The highest BCUT2D eigenvalue weighted by atomic mass is 35.5. The monoisotopic (exact) mass is 194 g/mol. The summed E-state index contributed by atoms with van der Waals surface area (Å²) < 4.78 is 1.73. The van der Waals surface area contributed by atoms with E-state index in [0.717, 1.165) is 17.3 Å². The summed E-state index contributed by atoms with van der Waals surface area (Å²) in [4.78, 5) is 14.7. The van der Waals surface area contributed by atoms with Crippen LogP contribution in [0.4, 0.5) is 0 Å². The maximum absolute atomic E-state index is 10.6. The smallest absolute Gasteiger partial charge is 0.185 e. The molecular weight excluding hydrogens is 188 g/mol. The topological polar surface area (TPSA) is 34.9 Å². The molecule has 3 nitrogen and oxygen atoms in total. The van der Waals surface area contributed by atoms with Crippen molar-refractivity contribution < 1.29 is 4.79 Å². The molecule has 1 aromatic heterocycles. The Morgan fingerprint density at radius 2 is 2.31 bits per heavy atom. The van der Waals surface area contributed by atoms with Gasteiger partial charge in [0.1, 0.15) is 0 Å². The minimum atomic E-state index is 0.414. The van der Waals surface area contributed by atoms with Crippen LogP contribution in [0.15, 0.2) is 18.2 Å². The molecule has 1 aromatic carbocycles. The van der Waals surface area contributed by atoms with Crippen molar-refractivity contribution in [3.63, 3.8) is 0 Å². The second-order valence-corrected chi connectivity index (χ2v) is 3.22. The SMILES string of the molecule is Cn1c(C=O)nc2cc(Cl)ccc21. The highest BCUT2D eigenvalue weighted by Crippen LogP contribution is 2.18. The van der Waals surface area contributed by atoms with Crippen molar-refractivity contribution in [2.45, 2.75) is 0 Å². The van der Waals surface area contributed by atoms with E-state index < -0.39 is 0 Å². The number of aldehydes is 1. The van der Waals surface area contributed by atoms with Gasteiger partial charge < -0.3 is 4.57 Å². The third kappa shape index (κ3) is 1.21. The van der Waals surface area contributed by atoms with E-state index in [2.05, 4.69) is 4.98 Å². The Bertz CT molecular complexity index is 476. The standard InChI is InChI=1S/C9H7ClN2O/c1-12-8-3-2-6(10)4-7(8)11-9(12)5-13/h2-5H,1H3. The van der Waals surface area contributed by atoms with Crippen LogP contribution in [0.5, 0.6) is 0 Å². The van der Waals surface area contributed by atoms with E-state index in [4.69, 9.17) is 11.6 Å². The number of benzene rings is 1. The van der Waals surface area contributed by atoms with Gasteiger partial charge in [0.25, 0.3) is 0 Å². The zero-order chi connectivity index (χ0) is 9.42. The Morgan fingerprint density at radius 1 is 1.54 bits per heavy atom. The van der Waals surface area contributed by atoms with E-state index >= 15 is 0 Å². The number of carbonyl (C=O) groups is 1. The highest BCUT2D eigenvalue weighted by molar-refractivity contribution is 6.31. The van der Waals surface area contributed by atoms with Gasteiger partial charge >= 0.3 is 0 Å². The molecule has 0 bridgehead atoms. The van der Waals surface area contributed by atoms with E-state index in [0.29, 0.717) is 10.8 Å². The van der Waals surface area contributed by atoms with Crippen molar-refractivity contribution in [3.8, 4) is 0 Å². The van der Waals surface area contributed by atoms with Crippen LogP contribution in [0.1, 0.15) is 10.6 Å². The molecule has 13 heavy (non-hydrogen) atoms. The summed E-state index contributed by atoms with van der Waals surface area (Å²) in [5.41, 5.74) is 1.66. The number of aryl methyl sites for hydroxylation is 1. The number of aromatic nitrogens is 2. The number of nitrogens with zero attached hydrogens (tertiary/aromatic N) is 2. The Morgan fingerprint density at radius 3 is 3.00 bits per heavy atom. The molecule has 0 radical (unpaired) electrons. The number of rotatable bonds is 1. The van der Waals surface area contributed by atoms with Gasteiger partial charge in [0, 0.05) is 12.1 Å². The average Bonchev–Trinajstić information content (AvgIpc) is 2.42. The Kier molecular flexibility index (Phi) is 1.81. The maximum atomic E-state index is 10.6. The molecule has 2 rings (SSSR count). The average molecular weight is 195 g/mol. The van der Waals surface area contributed by atoms with Crippen LogP contribution in [0.2, 0.25) is 5.02 Å². The second kappa shape index (κ2) is 2.85. The van der Waals surface area contributed by atoms with E-state index in [1.165, 1.54) is 0 Å². The molecule has 2 aromatic rings. The lowest BCUT2D eigenvalue weighted by molar-refractivity contribution is 0.111. The number of fused-ring (bicyclic) bond motifs is 1. The van der Waals surface area contributed by atoms with Crippen molar-refractivity contribution >= 4 is 28.9 Å². The summed E-state index contributed by atoms with van der Waals surface area (Å²) in [6.45, 7) is 0. The van der Waals surface area contributed by atoms with Crippen molar-refractivity contribution in [1.82, 2.24) is 9.55 Å². The van der Waals surface area contributed by atoms with Crippen LogP contribution in [0.25, 0.3) is 11.0 Å². The zero-order valence-corrected chi connectivity index (χ0v) is 7.75. The van der Waals surface area contributed by atoms with Gasteiger partial charge in [-0.15, -0.1) is 0 Å². The minimum Gasteiger partial charge on any atom is -0.325 e. The van der Waals surface area contributed by atoms with Crippen molar-refractivity contribution in [2.24, 2.45) is 7.05 Å². The molecule has 0 saturated carbocycles. The molecule has 0 fully saturated rings. The van der Waals surface area contributed by atoms with E-state index in [-0.39, 0.29) is 0 Å². The molecule has 0 atom stereocenters. The number of carbonyl (C=O) groups excluding carboxylic acids is 1. The van der Waals surface area contributed by atoms with Crippen LogP contribution in [0, 0.1) is 0 Å². The Balaban J connectivity index is 2.83. The summed E-state index contributed by atoms with van der Waals surface area (Å²) in [6.07, 6.45) is 0.730. The second-order valence-electron chi connectivity index (χ2n) is 2.78. The van der Waals surface area contributed by atoms with Gasteiger partial charge in [-0.1, -0.05) is 11.6 Å². The summed E-state index contributed by atoms with van der Waals surface area (Å²) >= 11 is 5.79. The zero-order valence-electron chi connectivity index (χ0n) is 6.99. The molecule has 1 heterocycles. The third-order valence-corrected chi connectivity index (χ3v) is 2.22. The first-order chi connectivity index (χ1) is 6.22. The molecule has 0 unspecified atom stereocenters. The first-order valence-electron chi connectivity index (χ1n) is 3.79. The lowest BCUT2D eigenvalue weighted by Gasteiger charge is -1.94. The first kappa shape index (κ1) is 8.26.